The summed E-state index contributed by atoms with van der Waals surface area (Å²) in [4.78, 5) is 12.8. The van der Waals surface area contributed by atoms with Gasteiger partial charge in [0.15, 0.2) is 0 Å². The second kappa shape index (κ2) is 5.95. The highest BCUT2D eigenvalue weighted by Gasteiger charge is 2.23. The topological polar surface area (TPSA) is 46.4 Å². The van der Waals surface area contributed by atoms with Gasteiger partial charge < -0.3 is 4.90 Å². The Morgan fingerprint density at radius 3 is 2.43 bits per heavy atom. The van der Waals surface area contributed by atoms with Crippen molar-refractivity contribution >= 4 is 17.1 Å². The second-order valence-corrected chi connectivity index (χ2v) is 5.50. The molecule has 0 radical (unpaired) electrons. The van der Waals surface area contributed by atoms with Gasteiger partial charge in [0.1, 0.15) is 0 Å². The van der Waals surface area contributed by atoms with Gasteiger partial charge >= 0.3 is 0 Å². The van der Waals surface area contributed by atoms with E-state index in [0.717, 1.165) is 30.3 Å². The van der Waals surface area contributed by atoms with Crippen LogP contribution in [0.4, 0.5) is 17.1 Å². The Morgan fingerprint density at radius 1 is 1.05 bits per heavy atom. The maximum absolute atomic E-state index is 11.0. The molecule has 1 saturated carbocycles. The van der Waals surface area contributed by atoms with E-state index in [1.165, 1.54) is 18.9 Å². The Kier molecular flexibility index (Phi) is 3.86. The van der Waals surface area contributed by atoms with Gasteiger partial charge in [0.05, 0.1) is 4.92 Å². The Labute approximate surface area is 124 Å². The molecule has 0 bridgehead atoms. The van der Waals surface area contributed by atoms with Crippen molar-refractivity contribution in [2.45, 2.75) is 19.3 Å². The zero-order valence-electron chi connectivity index (χ0n) is 11.8. The van der Waals surface area contributed by atoms with E-state index in [1.807, 2.05) is 36.4 Å². The van der Waals surface area contributed by atoms with Gasteiger partial charge in [0.25, 0.3) is 5.69 Å². The SMILES string of the molecule is O=[N+]([O-])c1cccc(N(CCC2CC2)c2ccccc2)c1. The van der Waals surface area contributed by atoms with E-state index >= 15 is 0 Å². The molecule has 1 fully saturated rings. The van der Waals surface area contributed by atoms with Crippen molar-refractivity contribution in [3.8, 4) is 0 Å². The number of nitrogens with zero attached hydrogens (tertiary/aromatic N) is 2. The zero-order chi connectivity index (χ0) is 14.7. The summed E-state index contributed by atoms with van der Waals surface area (Å²) in [6.07, 6.45) is 3.77. The molecule has 0 saturated heterocycles. The van der Waals surface area contributed by atoms with Crippen LogP contribution in [-0.2, 0) is 0 Å². The summed E-state index contributed by atoms with van der Waals surface area (Å²) in [5.74, 6) is 0.829. The number of anilines is 2. The maximum Gasteiger partial charge on any atom is 0.271 e. The van der Waals surface area contributed by atoms with Gasteiger partial charge in [-0.25, -0.2) is 0 Å². The molecule has 4 nitrogen and oxygen atoms in total. The number of nitro groups is 1. The van der Waals surface area contributed by atoms with Gasteiger partial charge in [0, 0.05) is 30.1 Å². The molecule has 0 atom stereocenters. The molecule has 2 aromatic carbocycles. The average Bonchev–Trinajstić information content (AvgIpc) is 3.33. The zero-order valence-corrected chi connectivity index (χ0v) is 11.8. The standard InChI is InChI=1S/C17H18N2O2/c20-19(21)17-8-4-7-16(13-17)18(12-11-14-9-10-14)15-5-2-1-3-6-15/h1-8,13-14H,9-12H2. The lowest BCUT2D eigenvalue weighted by Crippen LogP contribution is -2.18. The van der Waals surface area contributed by atoms with Crippen molar-refractivity contribution < 1.29 is 4.92 Å². The second-order valence-electron chi connectivity index (χ2n) is 5.50. The van der Waals surface area contributed by atoms with Gasteiger partial charge in [-0.2, -0.15) is 0 Å². The third-order valence-corrected chi connectivity index (χ3v) is 3.88. The van der Waals surface area contributed by atoms with Crippen LogP contribution < -0.4 is 4.90 Å². The average molecular weight is 282 g/mol. The maximum atomic E-state index is 11.0. The number of hydrogen-bond donors (Lipinski definition) is 0. The third-order valence-electron chi connectivity index (χ3n) is 3.88. The van der Waals surface area contributed by atoms with Gasteiger partial charge in [-0.3, -0.25) is 10.1 Å². The highest BCUT2D eigenvalue weighted by molar-refractivity contribution is 5.65. The van der Waals surface area contributed by atoms with Crippen LogP contribution >= 0.6 is 0 Å². The molecule has 21 heavy (non-hydrogen) atoms. The van der Waals surface area contributed by atoms with E-state index in [9.17, 15) is 10.1 Å². The first kappa shape index (κ1) is 13.6. The first-order valence-electron chi connectivity index (χ1n) is 7.31. The number of nitro benzene ring substituents is 1. The summed E-state index contributed by atoms with van der Waals surface area (Å²) in [6, 6.07) is 16.9. The van der Waals surface area contributed by atoms with Crippen LogP contribution in [0.15, 0.2) is 54.6 Å². The molecule has 0 aliphatic heterocycles. The summed E-state index contributed by atoms with van der Waals surface area (Å²) in [6.45, 7) is 0.899. The Balaban J connectivity index is 1.89. The molecule has 0 spiro atoms. The summed E-state index contributed by atoms with van der Waals surface area (Å²) in [5.41, 5.74) is 2.11. The normalized spacial score (nSPS) is 13.9. The number of non-ortho nitro benzene ring substituents is 1. The van der Waals surface area contributed by atoms with Crippen molar-refractivity contribution in [2.24, 2.45) is 5.92 Å². The summed E-state index contributed by atoms with van der Waals surface area (Å²) in [5, 5.41) is 11.0. The predicted molar refractivity (Wildman–Crippen MR) is 83.9 cm³/mol. The van der Waals surface area contributed by atoms with Crippen LogP contribution in [-0.4, -0.2) is 11.5 Å². The molecule has 0 aromatic heterocycles. The molecule has 108 valence electrons. The predicted octanol–water partition coefficient (Wildman–Crippen LogP) is 4.53. The minimum absolute atomic E-state index is 0.139. The minimum Gasteiger partial charge on any atom is -0.341 e. The third kappa shape index (κ3) is 3.40. The summed E-state index contributed by atoms with van der Waals surface area (Å²) >= 11 is 0. The molecule has 4 heteroatoms. The number of para-hydroxylation sites is 1. The molecule has 0 amide bonds. The van der Waals surface area contributed by atoms with Crippen molar-refractivity contribution in [1.82, 2.24) is 0 Å². The van der Waals surface area contributed by atoms with Crippen LogP contribution in [0.1, 0.15) is 19.3 Å². The van der Waals surface area contributed by atoms with E-state index in [0.29, 0.717) is 0 Å². The fourth-order valence-electron chi connectivity index (χ4n) is 2.51. The fraction of sp³-hybridized carbons (Fsp3) is 0.294. The van der Waals surface area contributed by atoms with Gasteiger partial charge in [0.2, 0.25) is 0 Å². The smallest absolute Gasteiger partial charge is 0.271 e. The number of benzene rings is 2. The van der Waals surface area contributed by atoms with Crippen molar-refractivity contribution in [3.63, 3.8) is 0 Å². The molecular formula is C17H18N2O2. The molecule has 2 aromatic rings. The minimum atomic E-state index is -0.340. The number of hydrogen-bond acceptors (Lipinski definition) is 3. The van der Waals surface area contributed by atoms with Gasteiger partial charge in [-0.15, -0.1) is 0 Å². The molecule has 0 N–H and O–H groups in total. The molecule has 1 aliphatic rings. The summed E-state index contributed by atoms with van der Waals surface area (Å²) < 4.78 is 0. The van der Waals surface area contributed by atoms with E-state index < -0.39 is 0 Å². The quantitative estimate of drug-likeness (QED) is 0.577. The lowest BCUT2D eigenvalue weighted by atomic mass is 10.2. The Hall–Kier alpha value is -2.36. The van der Waals surface area contributed by atoms with Crippen molar-refractivity contribution in [3.05, 3.63) is 64.7 Å². The van der Waals surface area contributed by atoms with Crippen LogP contribution in [0.5, 0.6) is 0 Å². The molecule has 0 unspecified atom stereocenters. The highest BCUT2D eigenvalue weighted by atomic mass is 16.6. The van der Waals surface area contributed by atoms with Crippen LogP contribution in [0.25, 0.3) is 0 Å². The van der Waals surface area contributed by atoms with Crippen LogP contribution in [0.3, 0.4) is 0 Å². The molecule has 1 aliphatic carbocycles. The Morgan fingerprint density at radius 2 is 1.76 bits per heavy atom. The molecule has 3 rings (SSSR count). The monoisotopic (exact) mass is 282 g/mol. The lowest BCUT2D eigenvalue weighted by molar-refractivity contribution is -0.384. The van der Waals surface area contributed by atoms with Gasteiger partial charge in [-0.05, 0) is 30.5 Å². The van der Waals surface area contributed by atoms with E-state index in [2.05, 4.69) is 4.90 Å². The largest absolute Gasteiger partial charge is 0.341 e. The summed E-state index contributed by atoms with van der Waals surface area (Å²) in [7, 11) is 0. The first-order valence-corrected chi connectivity index (χ1v) is 7.31. The first-order chi connectivity index (χ1) is 10.2. The van der Waals surface area contributed by atoms with E-state index in [-0.39, 0.29) is 10.6 Å². The van der Waals surface area contributed by atoms with Crippen LogP contribution in [0, 0.1) is 16.0 Å². The highest BCUT2D eigenvalue weighted by Crippen LogP contribution is 2.35. The van der Waals surface area contributed by atoms with Crippen molar-refractivity contribution in [2.75, 3.05) is 11.4 Å². The van der Waals surface area contributed by atoms with E-state index in [4.69, 9.17) is 0 Å². The Bertz CT molecular complexity index is 624. The number of rotatable bonds is 6. The molecular weight excluding hydrogens is 264 g/mol. The lowest BCUT2D eigenvalue weighted by Gasteiger charge is -2.25. The van der Waals surface area contributed by atoms with Crippen LogP contribution in [0.2, 0.25) is 0 Å². The van der Waals surface area contributed by atoms with E-state index in [1.54, 1.807) is 12.1 Å². The van der Waals surface area contributed by atoms with Crippen molar-refractivity contribution in [1.29, 1.82) is 0 Å². The molecule has 0 heterocycles. The fourth-order valence-corrected chi connectivity index (χ4v) is 2.51. The van der Waals surface area contributed by atoms with Gasteiger partial charge in [-0.1, -0.05) is 37.1 Å².